The van der Waals surface area contributed by atoms with Gasteiger partial charge in [0.15, 0.2) is 0 Å². The van der Waals surface area contributed by atoms with E-state index in [1.54, 1.807) is 12.1 Å². The molecule has 1 aliphatic carbocycles. The molecule has 2 atom stereocenters. The van der Waals surface area contributed by atoms with Crippen LogP contribution in [-0.4, -0.2) is 17.5 Å². The summed E-state index contributed by atoms with van der Waals surface area (Å²) in [6.45, 7) is 7.69. The number of benzene rings is 1. The maximum absolute atomic E-state index is 10.6. The highest BCUT2D eigenvalue weighted by atomic mass is 16.6. The van der Waals surface area contributed by atoms with E-state index in [-0.39, 0.29) is 10.6 Å². The van der Waals surface area contributed by atoms with E-state index < -0.39 is 0 Å². The van der Waals surface area contributed by atoms with Crippen molar-refractivity contribution >= 4 is 5.69 Å². The molecule has 1 fully saturated rings. The Morgan fingerprint density at radius 3 is 2.42 bits per heavy atom. The lowest BCUT2D eigenvalue weighted by atomic mass is 9.97. The van der Waals surface area contributed by atoms with Gasteiger partial charge < -0.3 is 5.32 Å². The first kappa shape index (κ1) is 14.0. The molecule has 0 aromatic heterocycles. The lowest BCUT2D eigenvalue weighted by molar-refractivity contribution is -0.384. The summed E-state index contributed by atoms with van der Waals surface area (Å²) in [7, 11) is 0. The highest BCUT2D eigenvalue weighted by molar-refractivity contribution is 5.33. The molecule has 0 aliphatic heterocycles. The van der Waals surface area contributed by atoms with E-state index in [4.69, 9.17) is 0 Å². The third-order valence-electron chi connectivity index (χ3n) is 4.14. The molecule has 4 heteroatoms. The number of hydrogen-bond donors (Lipinski definition) is 1. The lowest BCUT2D eigenvalue weighted by Gasteiger charge is -2.19. The fourth-order valence-electron chi connectivity index (χ4n) is 2.82. The van der Waals surface area contributed by atoms with Crippen molar-refractivity contribution in [1.82, 2.24) is 5.32 Å². The average molecular weight is 262 g/mol. The second-order valence-corrected chi connectivity index (χ2v) is 6.09. The van der Waals surface area contributed by atoms with Crippen LogP contribution in [0.2, 0.25) is 0 Å². The zero-order valence-electron chi connectivity index (χ0n) is 11.8. The standard InChI is InChI=1S/C15H22N2O2/c1-4-16-14(13-10-15(13,2)3)9-11-5-7-12(8-6-11)17(18)19/h5-8,13-14,16H,4,9-10H2,1-3H3. The van der Waals surface area contributed by atoms with Gasteiger partial charge in [0.1, 0.15) is 0 Å². The fourth-order valence-corrected chi connectivity index (χ4v) is 2.82. The van der Waals surface area contributed by atoms with E-state index in [1.807, 2.05) is 12.1 Å². The van der Waals surface area contributed by atoms with Crippen LogP contribution < -0.4 is 5.32 Å². The van der Waals surface area contributed by atoms with Crippen LogP contribution in [0.4, 0.5) is 5.69 Å². The van der Waals surface area contributed by atoms with Crippen LogP contribution in [0.15, 0.2) is 24.3 Å². The maximum atomic E-state index is 10.6. The monoisotopic (exact) mass is 262 g/mol. The predicted octanol–water partition coefficient (Wildman–Crippen LogP) is 3.16. The first-order chi connectivity index (χ1) is 8.94. The summed E-state index contributed by atoms with van der Waals surface area (Å²) in [6.07, 6.45) is 2.21. The molecular weight excluding hydrogens is 240 g/mol. The predicted molar refractivity (Wildman–Crippen MR) is 76.2 cm³/mol. The van der Waals surface area contributed by atoms with E-state index in [2.05, 4.69) is 26.1 Å². The third kappa shape index (κ3) is 3.32. The summed E-state index contributed by atoms with van der Waals surface area (Å²) >= 11 is 0. The highest BCUT2D eigenvalue weighted by Crippen LogP contribution is 2.54. The van der Waals surface area contributed by atoms with E-state index in [0.717, 1.165) is 13.0 Å². The Bertz CT molecular complexity index is 454. The normalized spacial score (nSPS) is 21.9. The molecule has 19 heavy (non-hydrogen) atoms. The number of likely N-dealkylation sites (N-methyl/N-ethyl adjacent to an activating group) is 1. The smallest absolute Gasteiger partial charge is 0.269 e. The molecule has 0 heterocycles. The Balaban J connectivity index is 2.03. The van der Waals surface area contributed by atoms with Gasteiger partial charge in [-0.15, -0.1) is 0 Å². The van der Waals surface area contributed by atoms with Gasteiger partial charge in [0, 0.05) is 18.2 Å². The van der Waals surface area contributed by atoms with Crippen molar-refractivity contribution in [3.8, 4) is 0 Å². The molecule has 1 aromatic carbocycles. The van der Waals surface area contributed by atoms with Crippen molar-refractivity contribution in [3.05, 3.63) is 39.9 Å². The zero-order valence-corrected chi connectivity index (χ0v) is 11.8. The summed E-state index contributed by atoms with van der Waals surface area (Å²) in [6, 6.07) is 7.41. The number of nitro benzene ring substituents is 1. The first-order valence-corrected chi connectivity index (χ1v) is 6.91. The second kappa shape index (κ2) is 5.29. The summed E-state index contributed by atoms with van der Waals surface area (Å²) in [4.78, 5) is 10.3. The number of non-ortho nitro benzene ring substituents is 1. The Morgan fingerprint density at radius 1 is 1.42 bits per heavy atom. The van der Waals surface area contributed by atoms with Gasteiger partial charge >= 0.3 is 0 Å². The number of nitrogens with zero attached hydrogens (tertiary/aromatic N) is 1. The zero-order chi connectivity index (χ0) is 14.0. The van der Waals surface area contributed by atoms with E-state index in [0.29, 0.717) is 17.4 Å². The van der Waals surface area contributed by atoms with Gasteiger partial charge in [0.05, 0.1) is 4.92 Å². The van der Waals surface area contributed by atoms with Gasteiger partial charge in [-0.2, -0.15) is 0 Å². The fraction of sp³-hybridized carbons (Fsp3) is 0.600. The van der Waals surface area contributed by atoms with Crippen LogP contribution >= 0.6 is 0 Å². The van der Waals surface area contributed by atoms with Gasteiger partial charge in [0.2, 0.25) is 0 Å². The molecule has 2 rings (SSSR count). The lowest BCUT2D eigenvalue weighted by Crippen LogP contribution is -2.34. The molecule has 1 aromatic rings. The van der Waals surface area contributed by atoms with Crippen LogP contribution in [0.5, 0.6) is 0 Å². The topological polar surface area (TPSA) is 55.2 Å². The molecule has 1 aliphatic rings. The van der Waals surface area contributed by atoms with Crippen molar-refractivity contribution in [2.24, 2.45) is 11.3 Å². The third-order valence-corrected chi connectivity index (χ3v) is 4.14. The number of hydrogen-bond acceptors (Lipinski definition) is 3. The molecule has 0 bridgehead atoms. The van der Waals surface area contributed by atoms with Crippen LogP contribution in [0.3, 0.4) is 0 Å². The average Bonchev–Trinajstić information content (AvgIpc) is 2.98. The second-order valence-electron chi connectivity index (χ2n) is 6.09. The molecule has 104 valence electrons. The van der Waals surface area contributed by atoms with Gasteiger partial charge in [-0.1, -0.05) is 32.9 Å². The molecule has 0 saturated heterocycles. The molecule has 1 saturated carbocycles. The number of nitrogens with one attached hydrogen (secondary N) is 1. The van der Waals surface area contributed by atoms with Gasteiger partial charge in [-0.05, 0) is 36.3 Å². The van der Waals surface area contributed by atoms with Crippen molar-refractivity contribution in [2.45, 2.75) is 39.7 Å². The van der Waals surface area contributed by atoms with Crippen LogP contribution in [0.1, 0.15) is 32.8 Å². The van der Waals surface area contributed by atoms with Crippen LogP contribution in [0, 0.1) is 21.4 Å². The quantitative estimate of drug-likeness (QED) is 0.633. The molecule has 4 nitrogen and oxygen atoms in total. The maximum Gasteiger partial charge on any atom is 0.269 e. The summed E-state index contributed by atoms with van der Waals surface area (Å²) in [5, 5.41) is 14.2. The van der Waals surface area contributed by atoms with Crippen molar-refractivity contribution < 1.29 is 4.92 Å². The molecule has 0 radical (unpaired) electrons. The highest BCUT2D eigenvalue weighted by Gasteiger charge is 2.49. The summed E-state index contributed by atoms with van der Waals surface area (Å²) in [5.41, 5.74) is 1.77. The van der Waals surface area contributed by atoms with E-state index in [1.165, 1.54) is 12.0 Å². The van der Waals surface area contributed by atoms with Gasteiger partial charge in [0.25, 0.3) is 5.69 Å². The Labute approximate surface area is 114 Å². The van der Waals surface area contributed by atoms with E-state index >= 15 is 0 Å². The molecule has 1 N–H and O–H groups in total. The SMILES string of the molecule is CCNC(Cc1ccc([N+](=O)[O-])cc1)C1CC1(C)C. The Morgan fingerprint density at radius 2 is 2.00 bits per heavy atom. The molecule has 0 amide bonds. The summed E-state index contributed by atoms with van der Waals surface area (Å²) in [5.74, 6) is 0.711. The van der Waals surface area contributed by atoms with Crippen molar-refractivity contribution in [2.75, 3.05) is 6.54 Å². The van der Waals surface area contributed by atoms with E-state index in [9.17, 15) is 10.1 Å². The number of rotatable bonds is 6. The first-order valence-electron chi connectivity index (χ1n) is 6.91. The Hall–Kier alpha value is -1.42. The summed E-state index contributed by atoms with van der Waals surface area (Å²) < 4.78 is 0. The van der Waals surface area contributed by atoms with Crippen molar-refractivity contribution in [3.63, 3.8) is 0 Å². The molecular formula is C15H22N2O2. The largest absolute Gasteiger partial charge is 0.314 e. The minimum absolute atomic E-state index is 0.163. The number of nitro groups is 1. The molecule has 2 unspecified atom stereocenters. The minimum atomic E-state index is -0.352. The van der Waals surface area contributed by atoms with Crippen LogP contribution in [-0.2, 0) is 6.42 Å². The Kier molecular flexibility index (Phi) is 3.90. The van der Waals surface area contributed by atoms with Gasteiger partial charge in [-0.25, -0.2) is 0 Å². The molecule has 0 spiro atoms. The van der Waals surface area contributed by atoms with Crippen LogP contribution in [0.25, 0.3) is 0 Å². The minimum Gasteiger partial charge on any atom is -0.314 e. The van der Waals surface area contributed by atoms with Gasteiger partial charge in [-0.3, -0.25) is 10.1 Å². The van der Waals surface area contributed by atoms with Crippen molar-refractivity contribution in [1.29, 1.82) is 0 Å².